The molecular formula is C27H21FN2O5. The van der Waals surface area contributed by atoms with Crippen LogP contribution in [0, 0.1) is 5.82 Å². The van der Waals surface area contributed by atoms with Gasteiger partial charge in [-0.05, 0) is 77.9 Å². The number of carbonyl (C=O) groups is 2. The SMILES string of the molecule is CCOc1cc(/C=N\NC(=O)c2cc3ccccc3cc2O)ccc1OC(=O)c1ccc(F)cc1. The molecule has 0 spiro atoms. The highest BCUT2D eigenvalue weighted by molar-refractivity contribution is 6.01. The van der Waals surface area contributed by atoms with Gasteiger partial charge in [0.25, 0.3) is 5.91 Å². The number of nitrogens with one attached hydrogen (secondary N) is 1. The summed E-state index contributed by atoms with van der Waals surface area (Å²) in [5.41, 5.74) is 3.25. The third-order valence-electron chi connectivity index (χ3n) is 5.04. The maximum Gasteiger partial charge on any atom is 0.343 e. The number of benzene rings is 4. The first-order chi connectivity index (χ1) is 16.9. The number of fused-ring (bicyclic) bond motifs is 1. The Balaban J connectivity index is 1.47. The van der Waals surface area contributed by atoms with Gasteiger partial charge in [-0.15, -0.1) is 0 Å². The molecule has 0 heterocycles. The molecular weight excluding hydrogens is 451 g/mol. The van der Waals surface area contributed by atoms with Gasteiger partial charge in [0.15, 0.2) is 11.5 Å². The smallest absolute Gasteiger partial charge is 0.343 e. The normalized spacial score (nSPS) is 10.9. The molecule has 35 heavy (non-hydrogen) atoms. The van der Waals surface area contributed by atoms with Crippen LogP contribution in [0.4, 0.5) is 4.39 Å². The monoisotopic (exact) mass is 472 g/mol. The van der Waals surface area contributed by atoms with Gasteiger partial charge in [0.1, 0.15) is 11.6 Å². The minimum Gasteiger partial charge on any atom is -0.507 e. The number of ether oxygens (including phenoxy) is 2. The first-order valence-corrected chi connectivity index (χ1v) is 10.7. The first-order valence-electron chi connectivity index (χ1n) is 10.7. The number of hydrogen-bond donors (Lipinski definition) is 2. The molecule has 0 aliphatic rings. The molecule has 0 aromatic heterocycles. The molecule has 0 aliphatic heterocycles. The molecule has 2 N–H and O–H groups in total. The number of hydrogen-bond acceptors (Lipinski definition) is 6. The maximum absolute atomic E-state index is 13.1. The number of nitrogens with zero attached hydrogens (tertiary/aromatic N) is 1. The number of hydrazone groups is 1. The molecule has 0 fully saturated rings. The molecule has 8 heteroatoms. The van der Waals surface area contributed by atoms with Gasteiger partial charge in [-0.3, -0.25) is 4.79 Å². The number of esters is 1. The van der Waals surface area contributed by atoms with Gasteiger partial charge in [-0.2, -0.15) is 5.10 Å². The van der Waals surface area contributed by atoms with E-state index in [1.54, 1.807) is 25.1 Å². The molecule has 7 nitrogen and oxygen atoms in total. The van der Waals surface area contributed by atoms with Crippen LogP contribution in [0.15, 0.2) is 84.0 Å². The number of halogens is 1. The van der Waals surface area contributed by atoms with Gasteiger partial charge in [0.2, 0.25) is 0 Å². The van der Waals surface area contributed by atoms with Crippen LogP contribution in [0.3, 0.4) is 0 Å². The third-order valence-corrected chi connectivity index (χ3v) is 5.04. The molecule has 0 unspecified atom stereocenters. The second-order valence-electron chi connectivity index (χ2n) is 7.45. The first kappa shape index (κ1) is 23.4. The second kappa shape index (κ2) is 10.5. The highest BCUT2D eigenvalue weighted by Crippen LogP contribution is 2.29. The van der Waals surface area contributed by atoms with Crippen LogP contribution in [0.1, 0.15) is 33.2 Å². The summed E-state index contributed by atoms with van der Waals surface area (Å²) in [6, 6.07) is 20.2. The lowest BCUT2D eigenvalue weighted by molar-refractivity contribution is 0.0728. The van der Waals surface area contributed by atoms with Gasteiger partial charge >= 0.3 is 5.97 Å². The average molecular weight is 472 g/mol. The van der Waals surface area contributed by atoms with Crippen molar-refractivity contribution in [3.8, 4) is 17.2 Å². The molecule has 0 atom stereocenters. The van der Waals surface area contributed by atoms with Crippen molar-refractivity contribution < 1.29 is 28.6 Å². The van der Waals surface area contributed by atoms with Crippen molar-refractivity contribution in [1.29, 1.82) is 0 Å². The lowest BCUT2D eigenvalue weighted by atomic mass is 10.1. The molecule has 0 bridgehead atoms. The zero-order valence-corrected chi connectivity index (χ0v) is 18.7. The van der Waals surface area contributed by atoms with Crippen molar-refractivity contribution in [3.63, 3.8) is 0 Å². The molecule has 176 valence electrons. The van der Waals surface area contributed by atoms with Gasteiger partial charge in [0.05, 0.1) is 23.9 Å². The summed E-state index contributed by atoms with van der Waals surface area (Å²) in [6.45, 7) is 2.10. The van der Waals surface area contributed by atoms with Crippen LogP contribution >= 0.6 is 0 Å². The van der Waals surface area contributed by atoms with Gasteiger partial charge in [0, 0.05) is 0 Å². The van der Waals surface area contributed by atoms with E-state index < -0.39 is 17.7 Å². The Kier molecular flexibility index (Phi) is 7.02. The fourth-order valence-electron chi connectivity index (χ4n) is 3.34. The van der Waals surface area contributed by atoms with E-state index in [1.807, 2.05) is 24.3 Å². The zero-order chi connectivity index (χ0) is 24.8. The standard InChI is InChI=1S/C27H21FN2O5/c1-2-34-25-13-17(7-12-24(25)35-27(33)18-8-10-21(28)11-9-18)16-29-30-26(32)22-14-19-5-3-4-6-20(19)15-23(22)31/h3-16,31H,2H2,1H3,(H,30,32)/b29-16-. The summed E-state index contributed by atoms with van der Waals surface area (Å²) in [5, 5.41) is 15.8. The quantitative estimate of drug-likeness (QED) is 0.170. The second-order valence-corrected chi connectivity index (χ2v) is 7.45. The molecule has 4 aromatic carbocycles. The summed E-state index contributed by atoms with van der Waals surface area (Å²) >= 11 is 0. The minimum absolute atomic E-state index is 0.0962. The van der Waals surface area contributed by atoms with Crippen LogP contribution in [-0.4, -0.2) is 29.8 Å². The molecule has 4 aromatic rings. The predicted octanol–water partition coefficient (Wildman–Crippen LogP) is 5.07. The van der Waals surface area contributed by atoms with Crippen LogP contribution in [0.25, 0.3) is 10.8 Å². The molecule has 0 saturated heterocycles. The highest BCUT2D eigenvalue weighted by Gasteiger charge is 2.14. The van der Waals surface area contributed by atoms with Crippen molar-refractivity contribution in [2.24, 2.45) is 5.10 Å². The molecule has 1 amide bonds. The van der Waals surface area contributed by atoms with E-state index in [-0.39, 0.29) is 22.6 Å². The van der Waals surface area contributed by atoms with E-state index in [2.05, 4.69) is 10.5 Å². The Labute approximate surface area is 200 Å². The average Bonchev–Trinajstić information content (AvgIpc) is 2.85. The summed E-state index contributed by atoms with van der Waals surface area (Å²) in [7, 11) is 0. The fourth-order valence-corrected chi connectivity index (χ4v) is 3.34. The van der Waals surface area contributed by atoms with E-state index >= 15 is 0 Å². The number of aromatic hydroxyl groups is 1. The largest absolute Gasteiger partial charge is 0.507 e. The Morgan fingerprint density at radius 3 is 2.40 bits per heavy atom. The van der Waals surface area contributed by atoms with E-state index in [1.165, 1.54) is 42.6 Å². The van der Waals surface area contributed by atoms with Crippen LogP contribution in [-0.2, 0) is 0 Å². The lowest BCUT2D eigenvalue weighted by Crippen LogP contribution is -2.17. The number of rotatable bonds is 7. The third kappa shape index (κ3) is 5.62. The fraction of sp³-hybridized carbons (Fsp3) is 0.0741. The lowest BCUT2D eigenvalue weighted by Gasteiger charge is -2.11. The Bertz CT molecular complexity index is 1420. The van der Waals surface area contributed by atoms with Crippen molar-refractivity contribution >= 4 is 28.9 Å². The van der Waals surface area contributed by atoms with E-state index in [0.29, 0.717) is 17.9 Å². The van der Waals surface area contributed by atoms with E-state index in [0.717, 1.165) is 10.8 Å². The van der Waals surface area contributed by atoms with Crippen LogP contribution in [0.5, 0.6) is 17.2 Å². The minimum atomic E-state index is -0.658. The van der Waals surface area contributed by atoms with Crippen molar-refractivity contribution in [1.82, 2.24) is 5.43 Å². The van der Waals surface area contributed by atoms with Crippen LogP contribution < -0.4 is 14.9 Å². The Hall–Kier alpha value is -4.72. The van der Waals surface area contributed by atoms with Crippen LogP contribution in [0.2, 0.25) is 0 Å². The predicted molar refractivity (Wildman–Crippen MR) is 130 cm³/mol. The van der Waals surface area contributed by atoms with Gasteiger partial charge < -0.3 is 14.6 Å². The van der Waals surface area contributed by atoms with E-state index in [9.17, 15) is 19.1 Å². The highest BCUT2D eigenvalue weighted by atomic mass is 19.1. The Morgan fingerprint density at radius 1 is 0.971 bits per heavy atom. The topological polar surface area (TPSA) is 97.2 Å². The van der Waals surface area contributed by atoms with Crippen molar-refractivity contribution in [3.05, 3.63) is 101 Å². The Morgan fingerprint density at radius 2 is 1.69 bits per heavy atom. The number of phenols is 1. The zero-order valence-electron chi connectivity index (χ0n) is 18.7. The van der Waals surface area contributed by atoms with Crippen molar-refractivity contribution in [2.45, 2.75) is 6.92 Å². The molecule has 0 saturated carbocycles. The summed E-state index contributed by atoms with van der Waals surface area (Å²) in [5.74, 6) is -1.35. The van der Waals surface area contributed by atoms with Crippen molar-refractivity contribution in [2.75, 3.05) is 6.61 Å². The van der Waals surface area contributed by atoms with E-state index in [4.69, 9.17) is 9.47 Å². The maximum atomic E-state index is 13.1. The number of amides is 1. The number of carbonyl (C=O) groups excluding carboxylic acids is 2. The number of phenolic OH excluding ortho intramolecular Hbond substituents is 1. The molecule has 0 aliphatic carbocycles. The summed E-state index contributed by atoms with van der Waals surface area (Å²) in [4.78, 5) is 24.9. The van der Waals surface area contributed by atoms with Gasteiger partial charge in [-0.1, -0.05) is 24.3 Å². The molecule has 0 radical (unpaired) electrons. The molecule has 4 rings (SSSR count). The van der Waals surface area contributed by atoms with Gasteiger partial charge in [-0.25, -0.2) is 14.6 Å². The summed E-state index contributed by atoms with van der Waals surface area (Å²) in [6.07, 6.45) is 1.39. The summed E-state index contributed by atoms with van der Waals surface area (Å²) < 4.78 is 24.1.